The number of hydrogen-bond donors (Lipinski definition) is 1. The lowest BCUT2D eigenvalue weighted by molar-refractivity contribution is -0.143. The molecular formula is C20H18Cl2F3NO2. The fourth-order valence-corrected chi connectivity index (χ4v) is 4.05. The lowest BCUT2D eigenvalue weighted by Crippen LogP contribution is -2.39. The Kier molecular flexibility index (Phi) is 6.22. The van der Waals surface area contributed by atoms with E-state index in [9.17, 15) is 23.1 Å². The van der Waals surface area contributed by atoms with Crippen molar-refractivity contribution in [1.82, 2.24) is 4.90 Å². The third-order valence-corrected chi connectivity index (χ3v) is 5.58. The second kappa shape index (κ2) is 8.31. The van der Waals surface area contributed by atoms with Gasteiger partial charge in [-0.3, -0.25) is 9.69 Å². The summed E-state index contributed by atoms with van der Waals surface area (Å²) in [6.45, 7) is 0.913. The molecule has 0 saturated carbocycles. The zero-order valence-electron chi connectivity index (χ0n) is 14.7. The Balaban J connectivity index is 2.02. The fourth-order valence-electron chi connectivity index (χ4n) is 3.63. The van der Waals surface area contributed by atoms with Crippen molar-refractivity contribution >= 4 is 29.2 Å². The highest BCUT2D eigenvalue weighted by Gasteiger charge is 2.35. The second-order valence-corrected chi connectivity index (χ2v) is 7.69. The first-order valence-corrected chi connectivity index (χ1v) is 9.51. The van der Waals surface area contributed by atoms with E-state index < -0.39 is 29.7 Å². The molecule has 3 nitrogen and oxygen atoms in total. The van der Waals surface area contributed by atoms with Crippen LogP contribution in [0.3, 0.4) is 0 Å². The van der Waals surface area contributed by atoms with E-state index in [0.717, 1.165) is 11.6 Å². The van der Waals surface area contributed by atoms with Crippen molar-refractivity contribution in [3.05, 3.63) is 69.2 Å². The van der Waals surface area contributed by atoms with Gasteiger partial charge < -0.3 is 5.11 Å². The Morgan fingerprint density at radius 2 is 1.71 bits per heavy atom. The first kappa shape index (κ1) is 21.0. The van der Waals surface area contributed by atoms with Crippen LogP contribution in [0.5, 0.6) is 0 Å². The Labute approximate surface area is 170 Å². The summed E-state index contributed by atoms with van der Waals surface area (Å²) in [5, 5.41) is 9.34. The summed E-state index contributed by atoms with van der Waals surface area (Å²) in [7, 11) is 0. The van der Waals surface area contributed by atoms with E-state index in [4.69, 9.17) is 23.2 Å². The lowest BCUT2D eigenvalue weighted by Gasteiger charge is -2.37. The number of aliphatic carboxylic acids is 1. The standard InChI is InChI=1S/C20H18Cl2F3NO2/c21-15-3-1-2-13(10-15)18(26-8-6-12(7-9-26)19(27)28)14-4-5-17(22)16(11-14)20(23,24)25/h1-5,10-12,18H,6-9H2,(H,27,28). The van der Waals surface area contributed by atoms with Crippen molar-refractivity contribution in [3.8, 4) is 0 Å². The zero-order valence-corrected chi connectivity index (χ0v) is 16.2. The van der Waals surface area contributed by atoms with Gasteiger partial charge in [0.2, 0.25) is 0 Å². The molecule has 28 heavy (non-hydrogen) atoms. The minimum absolute atomic E-state index is 0.356. The molecule has 1 N–H and O–H groups in total. The predicted molar refractivity (Wildman–Crippen MR) is 102 cm³/mol. The van der Waals surface area contributed by atoms with Crippen molar-refractivity contribution in [2.24, 2.45) is 5.92 Å². The number of rotatable bonds is 4. The van der Waals surface area contributed by atoms with Crippen molar-refractivity contribution in [2.45, 2.75) is 25.1 Å². The number of carbonyl (C=O) groups is 1. The molecule has 0 aromatic heterocycles. The molecule has 0 bridgehead atoms. The summed E-state index contributed by atoms with van der Waals surface area (Å²) in [4.78, 5) is 13.2. The second-order valence-electron chi connectivity index (χ2n) is 6.84. The van der Waals surface area contributed by atoms with Crippen LogP contribution in [0.1, 0.15) is 35.6 Å². The Bertz CT molecular complexity index is 865. The summed E-state index contributed by atoms with van der Waals surface area (Å²) in [5.74, 6) is -1.28. The molecular weight excluding hydrogens is 414 g/mol. The van der Waals surface area contributed by atoms with Crippen LogP contribution in [0.15, 0.2) is 42.5 Å². The number of hydrogen-bond acceptors (Lipinski definition) is 2. The highest BCUT2D eigenvalue weighted by molar-refractivity contribution is 6.31. The summed E-state index contributed by atoms with van der Waals surface area (Å²) < 4.78 is 40.1. The van der Waals surface area contributed by atoms with Crippen LogP contribution in [0, 0.1) is 5.92 Å². The van der Waals surface area contributed by atoms with Crippen LogP contribution in [0.25, 0.3) is 0 Å². The molecule has 3 rings (SSSR count). The number of benzene rings is 2. The minimum atomic E-state index is -4.57. The number of carboxylic acids is 1. The topological polar surface area (TPSA) is 40.5 Å². The van der Waals surface area contributed by atoms with Gasteiger partial charge in [-0.05, 0) is 61.3 Å². The maximum Gasteiger partial charge on any atom is 0.417 e. The van der Waals surface area contributed by atoms with Gasteiger partial charge in [0.25, 0.3) is 0 Å². The molecule has 0 amide bonds. The molecule has 1 saturated heterocycles. The average molecular weight is 432 g/mol. The molecule has 1 aliphatic heterocycles. The highest BCUT2D eigenvalue weighted by atomic mass is 35.5. The van der Waals surface area contributed by atoms with Gasteiger partial charge in [-0.2, -0.15) is 13.2 Å². The normalized spacial score (nSPS) is 17.5. The molecule has 0 aliphatic carbocycles. The number of piperidine rings is 1. The Hall–Kier alpha value is -1.76. The van der Waals surface area contributed by atoms with E-state index >= 15 is 0 Å². The van der Waals surface area contributed by atoms with Gasteiger partial charge >= 0.3 is 12.1 Å². The fraction of sp³-hybridized carbons (Fsp3) is 0.350. The van der Waals surface area contributed by atoms with Crippen LogP contribution >= 0.6 is 23.2 Å². The van der Waals surface area contributed by atoms with Gasteiger partial charge in [0.15, 0.2) is 0 Å². The van der Waals surface area contributed by atoms with Gasteiger partial charge in [0, 0.05) is 5.02 Å². The summed E-state index contributed by atoms with van der Waals surface area (Å²) in [6.07, 6.45) is -3.69. The molecule has 1 fully saturated rings. The molecule has 2 aromatic rings. The third kappa shape index (κ3) is 4.62. The Morgan fingerprint density at radius 3 is 2.29 bits per heavy atom. The van der Waals surface area contributed by atoms with E-state index in [0.29, 0.717) is 36.5 Å². The van der Waals surface area contributed by atoms with Crippen LogP contribution in [0.2, 0.25) is 10.0 Å². The van der Waals surface area contributed by atoms with E-state index in [1.165, 1.54) is 6.07 Å². The van der Waals surface area contributed by atoms with E-state index in [1.54, 1.807) is 24.3 Å². The van der Waals surface area contributed by atoms with Crippen LogP contribution in [-0.4, -0.2) is 29.1 Å². The van der Waals surface area contributed by atoms with Crippen molar-refractivity contribution < 1.29 is 23.1 Å². The summed E-state index contributed by atoms with van der Waals surface area (Å²) >= 11 is 11.9. The average Bonchev–Trinajstić information content (AvgIpc) is 2.63. The smallest absolute Gasteiger partial charge is 0.417 e. The Morgan fingerprint density at radius 1 is 1.07 bits per heavy atom. The minimum Gasteiger partial charge on any atom is -0.481 e. The highest BCUT2D eigenvalue weighted by Crippen LogP contribution is 2.39. The van der Waals surface area contributed by atoms with Crippen LogP contribution < -0.4 is 0 Å². The molecule has 1 atom stereocenters. The van der Waals surface area contributed by atoms with E-state index in [1.807, 2.05) is 11.0 Å². The maximum absolute atomic E-state index is 13.4. The number of alkyl halides is 3. The van der Waals surface area contributed by atoms with Gasteiger partial charge in [-0.15, -0.1) is 0 Å². The largest absolute Gasteiger partial charge is 0.481 e. The van der Waals surface area contributed by atoms with Crippen LogP contribution in [0.4, 0.5) is 13.2 Å². The molecule has 1 aliphatic rings. The van der Waals surface area contributed by atoms with Gasteiger partial charge in [-0.1, -0.05) is 41.4 Å². The number of nitrogens with zero attached hydrogens (tertiary/aromatic N) is 1. The summed E-state index contributed by atoms with van der Waals surface area (Å²) in [6, 6.07) is 10.4. The first-order chi connectivity index (χ1) is 13.2. The number of carboxylic acid groups (broad SMARTS) is 1. The van der Waals surface area contributed by atoms with Crippen molar-refractivity contribution in [2.75, 3.05) is 13.1 Å². The third-order valence-electron chi connectivity index (χ3n) is 5.02. The quantitative estimate of drug-likeness (QED) is 0.654. The molecule has 1 unspecified atom stereocenters. The van der Waals surface area contributed by atoms with E-state index in [-0.39, 0.29) is 5.02 Å². The number of likely N-dealkylation sites (tertiary alicyclic amines) is 1. The molecule has 8 heteroatoms. The predicted octanol–water partition coefficient (Wildman–Crippen LogP) is 5.90. The first-order valence-electron chi connectivity index (χ1n) is 8.76. The molecule has 150 valence electrons. The SMILES string of the molecule is O=C(O)C1CCN(C(c2cccc(Cl)c2)c2ccc(Cl)c(C(F)(F)F)c2)CC1. The van der Waals surface area contributed by atoms with Gasteiger partial charge in [-0.25, -0.2) is 0 Å². The monoisotopic (exact) mass is 431 g/mol. The van der Waals surface area contributed by atoms with E-state index in [2.05, 4.69) is 0 Å². The van der Waals surface area contributed by atoms with Gasteiger partial charge in [0.05, 0.1) is 22.5 Å². The van der Waals surface area contributed by atoms with Crippen molar-refractivity contribution in [3.63, 3.8) is 0 Å². The molecule has 1 heterocycles. The van der Waals surface area contributed by atoms with Gasteiger partial charge in [0.1, 0.15) is 0 Å². The molecule has 0 spiro atoms. The molecule has 2 aromatic carbocycles. The zero-order chi connectivity index (χ0) is 20.5. The van der Waals surface area contributed by atoms with Crippen LogP contribution in [-0.2, 0) is 11.0 Å². The maximum atomic E-state index is 13.4. The summed E-state index contributed by atoms with van der Waals surface area (Å²) in [5.41, 5.74) is 0.295. The lowest BCUT2D eigenvalue weighted by atomic mass is 9.90. The van der Waals surface area contributed by atoms with Crippen molar-refractivity contribution in [1.29, 1.82) is 0 Å². The molecule has 0 radical (unpaired) electrons. The number of halogens is 5.